The number of methoxy groups -OCH3 is 1. The fraction of sp³-hybridized carbons (Fsp3) is 0.286. The van der Waals surface area contributed by atoms with Gasteiger partial charge in [0.25, 0.3) is 0 Å². The van der Waals surface area contributed by atoms with Crippen LogP contribution in [0.15, 0.2) is 42.6 Å². The summed E-state index contributed by atoms with van der Waals surface area (Å²) in [7, 11) is 1.30. The number of carbonyl (C=O) groups is 2. The number of benzene rings is 1. The van der Waals surface area contributed by atoms with Crippen LogP contribution in [0, 0.1) is 0 Å². The molecular weight excluding hydrogens is 378 g/mol. The molecule has 0 saturated heterocycles. The van der Waals surface area contributed by atoms with E-state index in [0.717, 1.165) is 22.5 Å². The highest BCUT2D eigenvalue weighted by Gasteiger charge is 2.24. The number of ether oxygens (including phenoxy) is 3. The summed E-state index contributed by atoms with van der Waals surface area (Å²) in [6, 6.07) is 11.6. The Kier molecular flexibility index (Phi) is 5.65. The molecule has 0 amide bonds. The molecule has 0 atom stereocenters. The van der Waals surface area contributed by atoms with Crippen molar-refractivity contribution in [2.24, 2.45) is 0 Å². The Hall–Kier alpha value is -2.93. The Morgan fingerprint density at radius 1 is 1.11 bits per heavy atom. The number of hydrogen-bond donors (Lipinski definition) is 0. The van der Waals surface area contributed by atoms with Crippen LogP contribution in [0.4, 0.5) is 0 Å². The Labute approximate surface area is 167 Å². The van der Waals surface area contributed by atoms with Crippen molar-refractivity contribution >= 4 is 33.5 Å². The average molecular weight is 399 g/mol. The van der Waals surface area contributed by atoms with E-state index < -0.39 is 17.5 Å². The number of esters is 2. The molecule has 0 spiro atoms. The van der Waals surface area contributed by atoms with Crippen LogP contribution in [0.5, 0.6) is 5.75 Å². The zero-order chi connectivity index (χ0) is 20.3. The van der Waals surface area contributed by atoms with Crippen molar-refractivity contribution in [1.82, 2.24) is 4.98 Å². The molecule has 0 N–H and O–H groups in total. The molecular formula is C21H21NO5S. The number of rotatable bonds is 5. The highest BCUT2D eigenvalue weighted by atomic mass is 32.1. The van der Waals surface area contributed by atoms with E-state index in [9.17, 15) is 9.59 Å². The lowest BCUT2D eigenvalue weighted by molar-refractivity contribution is -0.157. The van der Waals surface area contributed by atoms with Crippen molar-refractivity contribution in [2.75, 3.05) is 13.7 Å². The minimum Gasteiger partial charge on any atom is -0.479 e. The Bertz CT molecular complexity index is 1000. The minimum absolute atomic E-state index is 0.263. The maximum absolute atomic E-state index is 12.2. The lowest BCUT2D eigenvalue weighted by Crippen LogP contribution is -2.27. The summed E-state index contributed by atoms with van der Waals surface area (Å²) in [6.45, 7) is 5.02. The molecule has 6 nitrogen and oxygen atoms in total. The minimum atomic E-state index is -0.621. The third-order valence-corrected chi connectivity index (χ3v) is 4.81. The van der Waals surface area contributed by atoms with E-state index in [2.05, 4.69) is 4.98 Å². The van der Waals surface area contributed by atoms with Crippen LogP contribution < -0.4 is 4.74 Å². The Balaban J connectivity index is 1.99. The van der Waals surface area contributed by atoms with Gasteiger partial charge in [-0.3, -0.25) is 0 Å². The summed E-state index contributed by atoms with van der Waals surface area (Å²) in [5.41, 5.74) is 1.25. The third kappa shape index (κ3) is 4.48. The second-order valence-electron chi connectivity index (χ2n) is 7.07. The first-order chi connectivity index (χ1) is 13.3. The second-order valence-corrected chi connectivity index (χ2v) is 8.07. The van der Waals surface area contributed by atoms with Crippen LogP contribution >= 0.6 is 11.3 Å². The van der Waals surface area contributed by atoms with Gasteiger partial charge in [0, 0.05) is 11.8 Å². The van der Waals surface area contributed by atoms with Crippen molar-refractivity contribution in [2.45, 2.75) is 26.4 Å². The zero-order valence-corrected chi connectivity index (χ0v) is 17.0. The lowest BCUT2D eigenvalue weighted by atomic mass is 10.1. The van der Waals surface area contributed by atoms with Crippen LogP contribution in [0.1, 0.15) is 30.4 Å². The summed E-state index contributed by atoms with van der Waals surface area (Å²) in [4.78, 5) is 29.6. The first kappa shape index (κ1) is 19.8. The van der Waals surface area contributed by atoms with Gasteiger partial charge in [-0.2, -0.15) is 0 Å². The lowest BCUT2D eigenvalue weighted by Gasteiger charge is -2.19. The molecule has 28 heavy (non-hydrogen) atoms. The molecule has 1 aromatic carbocycles. The summed E-state index contributed by atoms with van der Waals surface area (Å²) in [6.07, 6.45) is 1.74. The van der Waals surface area contributed by atoms with Gasteiger partial charge < -0.3 is 14.2 Å². The van der Waals surface area contributed by atoms with Gasteiger partial charge in [-0.25, -0.2) is 14.6 Å². The van der Waals surface area contributed by atoms with Gasteiger partial charge in [0.2, 0.25) is 0 Å². The molecule has 0 aliphatic rings. The number of fused-ring (bicyclic) bond motifs is 1. The summed E-state index contributed by atoms with van der Waals surface area (Å²) in [5.74, 6) is -0.777. The standard InChI is InChI=1S/C21H21NO5S/c1-21(2,3)27-16(23)12-26-17-15-10-14(13-8-6-5-7-9-13)11-22-19(15)28-18(17)20(24)25-4/h5-11H,12H2,1-4H3. The van der Waals surface area contributed by atoms with Crippen molar-refractivity contribution in [3.63, 3.8) is 0 Å². The van der Waals surface area contributed by atoms with E-state index >= 15 is 0 Å². The van der Waals surface area contributed by atoms with E-state index in [1.54, 1.807) is 27.0 Å². The maximum atomic E-state index is 12.2. The number of pyridine rings is 1. The molecule has 0 aliphatic heterocycles. The predicted octanol–water partition coefficient (Wildman–Crippen LogP) is 4.47. The summed E-state index contributed by atoms with van der Waals surface area (Å²) >= 11 is 1.16. The Morgan fingerprint density at radius 3 is 2.46 bits per heavy atom. The molecule has 2 heterocycles. The van der Waals surface area contributed by atoms with Gasteiger partial charge in [0.1, 0.15) is 10.4 Å². The third-order valence-electron chi connectivity index (χ3n) is 3.73. The molecule has 2 aromatic heterocycles. The topological polar surface area (TPSA) is 74.7 Å². The van der Waals surface area contributed by atoms with Gasteiger partial charge in [-0.15, -0.1) is 11.3 Å². The van der Waals surface area contributed by atoms with Crippen LogP contribution in [-0.4, -0.2) is 36.2 Å². The van der Waals surface area contributed by atoms with E-state index in [0.29, 0.717) is 10.2 Å². The van der Waals surface area contributed by atoms with E-state index in [1.165, 1.54) is 7.11 Å². The van der Waals surface area contributed by atoms with Crippen LogP contribution in [0.2, 0.25) is 0 Å². The molecule has 3 aromatic rings. The molecule has 3 rings (SSSR count). The van der Waals surface area contributed by atoms with Gasteiger partial charge in [0.15, 0.2) is 17.2 Å². The molecule has 0 fully saturated rings. The first-order valence-corrected chi connectivity index (χ1v) is 9.51. The fourth-order valence-corrected chi connectivity index (χ4v) is 3.61. The SMILES string of the molecule is COC(=O)c1sc2ncc(-c3ccccc3)cc2c1OCC(=O)OC(C)(C)C. The molecule has 0 unspecified atom stereocenters. The Morgan fingerprint density at radius 2 is 1.82 bits per heavy atom. The van der Waals surface area contributed by atoms with Crippen molar-refractivity contribution in [3.8, 4) is 16.9 Å². The zero-order valence-electron chi connectivity index (χ0n) is 16.1. The van der Waals surface area contributed by atoms with Crippen LogP contribution in [0.3, 0.4) is 0 Å². The number of thiophene rings is 1. The van der Waals surface area contributed by atoms with Crippen molar-refractivity contribution < 1.29 is 23.8 Å². The highest BCUT2D eigenvalue weighted by Crippen LogP contribution is 2.39. The molecule has 0 bridgehead atoms. The molecule has 0 aliphatic carbocycles. The number of hydrogen-bond acceptors (Lipinski definition) is 7. The first-order valence-electron chi connectivity index (χ1n) is 8.69. The van der Waals surface area contributed by atoms with Crippen LogP contribution in [0.25, 0.3) is 21.3 Å². The molecule has 0 radical (unpaired) electrons. The molecule has 0 saturated carbocycles. The van der Waals surface area contributed by atoms with Crippen LogP contribution in [-0.2, 0) is 14.3 Å². The molecule has 7 heteroatoms. The van der Waals surface area contributed by atoms with Gasteiger partial charge in [-0.1, -0.05) is 30.3 Å². The number of nitrogens with zero attached hydrogens (tertiary/aromatic N) is 1. The smallest absolute Gasteiger partial charge is 0.351 e. The van der Waals surface area contributed by atoms with E-state index in [1.807, 2.05) is 36.4 Å². The highest BCUT2D eigenvalue weighted by molar-refractivity contribution is 7.20. The fourth-order valence-electron chi connectivity index (χ4n) is 2.62. The number of carbonyl (C=O) groups excluding carboxylic acids is 2. The van der Waals surface area contributed by atoms with E-state index in [-0.39, 0.29) is 17.2 Å². The van der Waals surface area contributed by atoms with Crippen molar-refractivity contribution in [1.29, 1.82) is 0 Å². The second kappa shape index (κ2) is 7.98. The quantitative estimate of drug-likeness (QED) is 0.589. The van der Waals surface area contributed by atoms with Crippen molar-refractivity contribution in [3.05, 3.63) is 47.5 Å². The molecule has 146 valence electrons. The van der Waals surface area contributed by atoms with Gasteiger partial charge >= 0.3 is 11.9 Å². The average Bonchev–Trinajstić information content (AvgIpc) is 3.03. The normalized spacial score (nSPS) is 11.3. The van der Waals surface area contributed by atoms with E-state index in [4.69, 9.17) is 14.2 Å². The number of aromatic nitrogens is 1. The maximum Gasteiger partial charge on any atom is 0.351 e. The van der Waals surface area contributed by atoms with Gasteiger partial charge in [0.05, 0.1) is 12.5 Å². The monoisotopic (exact) mass is 399 g/mol. The summed E-state index contributed by atoms with van der Waals surface area (Å²) < 4.78 is 15.8. The predicted molar refractivity (Wildman–Crippen MR) is 108 cm³/mol. The largest absolute Gasteiger partial charge is 0.479 e. The van der Waals surface area contributed by atoms with Gasteiger partial charge in [-0.05, 0) is 32.4 Å². The summed E-state index contributed by atoms with van der Waals surface area (Å²) in [5, 5.41) is 0.648.